The van der Waals surface area contributed by atoms with Gasteiger partial charge in [0, 0.05) is 22.5 Å². The van der Waals surface area contributed by atoms with Gasteiger partial charge in [-0.1, -0.05) is 36.4 Å². The summed E-state index contributed by atoms with van der Waals surface area (Å²) in [6.07, 6.45) is 0.840. The van der Waals surface area contributed by atoms with Crippen LogP contribution in [0.15, 0.2) is 66.7 Å². The molecular formula is C20H15NO2. The van der Waals surface area contributed by atoms with Gasteiger partial charge in [-0.05, 0) is 24.3 Å². The summed E-state index contributed by atoms with van der Waals surface area (Å²) >= 11 is 0. The molecule has 4 aromatic rings. The van der Waals surface area contributed by atoms with Crippen LogP contribution in [0.4, 0.5) is 0 Å². The van der Waals surface area contributed by atoms with Crippen molar-refractivity contribution in [1.29, 1.82) is 0 Å². The Balaban J connectivity index is 2.20. The summed E-state index contributed by atoms with van der Waals surface area (Å²) in [6.45, 7) is 0. The highest BCUT2D eigenvalue weighted by atomic mass is 16.5. The Labute approximate surface area is 133 Å². The average Bonchev–Trinajstić information content (AvgIpc) is 2.94. The topological polar surface area (TPSA) is 31.2 Å². The smallest absolute Gasteiger partial charge is 0.153 e. The van der Waals surface area contributed by atoms with Gasteiger partial charge in [-0.2, -0.15) is 0 Å². The van der Waals surface area contributed by atoms with E-state index in [4.69, 9.17) is 4.74 Å². The highest BCUT2D eigenvalue weighted by molar-refractivity contribution is 6.11. The first-order chi connectivity index (χ1) is 11.3. The van der Waals surface area contributed by atoms with Crippen molar-refractivity contribution in [1.82, 2.24) is 4.57 Å². The number of aldehydes is 1. The molecule has 23 heavy (non-hydrogen) atoms. The molecule has 0 radical (unpaired) electrons. The third kappa shape index (κ3) is 2.01. The third-order valence-electron chi connectivity index (χ3n) is 4.17. The minimum atomic E-state index is 0.566. The van der Waals surface area contributed by atoms with Gasteiger partial charge in [0.15, 0.2) is 6.29 Å². The fraction of sp³-hybridized carbons (Fsp3) is 0.0500. The molecule has 3 nitrogen and oxygen atoms in total. The zero-order valence-electron chi connectivity index (χ0n) is 12.7. The van der Waals surface area contributed by atoms with Crippen molar-refractivity contribution in [3.05, 3.63) is 72.3 Å². The van der Waals surface area contributed by atoms with Gasteiger partial charge in [-0.25, -0.2) is 0 Å². The molecule has 0 aliphatic carbocycles. The largest absolute Gasteiger partial charge is 0.496 e. The summed E-state index contributed by atoms with van der Waals surface area (Å²) in [6, 6.07) is 22.3. The number of fused-ring (bicyclic) bond motifs is 3. The predicted molar refractivity (Wildman–Crippen MR) is 92.7 cm³/mol. The molecule has 0 amide bonds. The predicted octanol–water partition coefficient (Wildman–Crippen LogP) is 4.60. The van der Waals surface area contributed by atoms with E-state index in [-0.39, 0.29) is 0 Å². The number of hydrogen-bond donors (Lipinski definition) is 0. The van der Waals surface area contributed by atoms with E-state index in [2.05, 4.69) is 28.8 Å². The van der Waals surface area contributed by atoms with Gasteiger partial charge in [0.05, 0.1) is 23.7 Å². The fourth-order valence-corrected chi connectivity index (χ4v) is 3.14. The summed E-state index contributed by atoms with van der Waals surface area (Å²) in [5, 5.41) is 2.17. The Morgan fingerprint density at radius 2 is 1.61 bits per heavy atom. The first kappa shape index (κ1) is 13.6. The first-order valence-electron chi connectivity index (χ1n) is 7.45. The van der Waals surface area contributed by atoms with E-state index in [1.807, 2.05) is 42.5 Å². The van der Waals surface area contributed by atoms with Crippen LogP contribution in [-0.4, -0.2) is 18.0 Å². The zero-order valence-corrected chi connectivity index (χ0v) is 12.7. The molecule has 0 bridgehead atoms. The van der Waals surface area contributed by atoms with Gasteiger partial charge in [0.2, 0.25) is 0 Å². The van der Waals surface area contributed by atoms with E-state index in [0.29, 0.717) is 11.3 Å². The van der Waals surface area contributed by atoms with Crippen LogP contribution in [0.2, 0.25) is 0 Å². The standard InChI is InChI=1S/C20H15NO2/c1-23-20-12-19-17(11-14(20)13-22)16-9-5-6-10-18(16)21(19)15-7-3-2-4-8-15/h2-13H,1H3. The molecule has 0 fully saturated rings. The molecular weight excluding hydrogens is 286 g/mol. The van der Waals surface area contributed by atoms with Gasteiger partial charge >= 0.3 is 0 Å². The van der Waals surface area contributed by atoms with Crippen molar-refractivity contribution < 1.29 is 9.53 Å². The molecule has 0 aliphatic rings. The summed E-state index contributed by atoms with van der Waals surface area (Å²) < 4.78 is 7.58. The van der Waals surface area contributed by atoms with Gasteiger partial charge in [0.1, 0.15) is 5.75 Å². The number of hydrogen-bond acceptors (Lipinski definition) is 2. The van der Waals surface area contributed by atoms with Crippen LogP contribution < -0.4 is 4.74 Å². The van der Waals surface area contributed by atoms with Crippen LogP contribution in [0.1, 0.15) is 10.4 Å². The van der Waals surface area contributed by atoms with E-state index < -0.39 is 0 Å². The lowest BCUT2D eigenvalue weighted by Gasteiger charge is -2.09. The van der Waals surface area contributed by atoms with Gasteiger partial charge in [-0.3, -0.25) is 4.79 Å². The monoisotopic (exact) mass is 301 g/mol. The van der Waals surface area contributed by atoms with Crippen LogP contribution in [-0.2, 0) is 0 Å². The third-order valence-corrected chi connectivity index (χ3v) is 4.17. The molecule has 0 saturated carbocycles. The number of rotatable bonds is 3. The van der Waals surface area contributed by atoms with Crippen molar-refractivity contribution in [2.45, 2.75) is 0 Å². The van der Waals surface area contributed by atoms with E-state index in [1.165, 1.54) is 0 Å². The molecule has 0 N–H and O–H groups in total. The molecule has 0 saturated heterocycles. The quantitative estimate of drug-likeness (QED) is 0.518. The van der Waals surface area contributed by atoms with Crippen LogP contribution in [0, 0.1) is 0 Å². The molecule has 0 spiro atoms. The SMILES string of the molecule is COc1cc2c(cc1C=O)c1ccccc1n2-c1ccccc1. The average molecular weight is 301 g/mol. The van der Waals surface area contributed by atoms with Crippen LogP contribution in [0.25, 0.3) is 27.5 Å². The second kappa shape index (κ2) is 5.29. The summed E-state index contributed by atoms with van der Waals surface area (Å²) in [5.41, 5.74) is 3.79. The Hall–Kier alpha value is -3.07. The molecule has 0 atom stereocenters. The lowest BCUT2D eigenvalue weighted by atomic mass is 10.1. The molecule has 4 rings (SSSR count). The summed E-state index contributed by atoms with van der Waals surface area (Å²) in [4.78, 5) is 11.4. The number of carbonyl (C=O) groups excluding carboxylic acids is 1. The highest BCUT2D eigenvalue weighted by Crippen LogP contribution is 2.35. The van der Waals surface area contributed by atoms with Gasteiger partial charge in [0.25, 0.3) is 0 Å². The van der Waals surface area contributed by atoms with Crippen molar-refractivity contribution in [3.8, 4) is 11.4 Å². The molecule has 0 aliphatic heterocycles. The highest BCUT2D eigenvalue weighted by Gasteiger charge is 2.15. The maximum atomic E-state index is 11.4. The van der Waals surface area contributed by atoms with Crippen LogP contribution in [0.3, 0.4) is 0 Å². The minimum Gasteiger partial charge on any atom is -0.496 e. The Bertz CT molecular complexity index is 1020. The molecule has 112 valence electrons. The zero-order chi connectivity index (χ0) is 15.8. The Kier molecular flexibility index (Phi) is 3.12. The maximum Gasteiger partial charge on any atom is 0.153 e. The maximum absolute atomic E-state index is 11.4. The summed E-state index contributed by atoms with van der Waals surface area (Å²) in [5.74, 6) is 0.590. The Morgan fingerprint density at radius 1 is 0.870 bits per heavy atom. The van der Waals surface area contributed by atoms with Crippen LogP contribution in [0.5, 0.6) is 5.75 Å². The van der Waals surface area contributed by atoms with Crippen LogP contribution >= 0.6 is 0 Å². The van der Waals surface area contributed by atoms with Crippen molar-refractivity contribution in [2.75, 3.05) is 7.11 Å². The molecule has 3 aromatic carbocycles. The van der Waals surface area contributed by atoms with E-state index in [9.17, 15) is 4.79 Å². The van der Waals surface area contributed by atoms with Crippen molar-refractivity contribution in [2.24, 2.45) is 0 Å². The number of ether oxygens (including phenoxy) is 1. The minimum absolute atomic E-state index is 0.566. The fourth-order valence-electron chi connectivity index (χ4n) is 3.14. The number of para-hydroxylation sites is 2. The number of aromatic nitrogens is 1. The number of benzene rings is 3. The molecule has 1 heterocycles. The normalized spacial score (nSPS) is 11.0. The molecule has 0 unspecified atom stereocenters. The van der Waals surface area contributed by atoms with E-state index in [1.54, 1.807) is 7.11 Å². The second-order valence-electron chi connectivity index (χ2n) is 5.42. The molecule has 3 heteroatoms. The van der Waals surface area contributed by atoms with Crippen molar-refractivity contribution in [3.63, 3.8) is 0 Å². The van der Waals surface area contributed by atoms with E-state index in [0.717, 1.165) is 33.8 Å². The first-order valence-corrected chi connectivity index (χ1v) is 7.45. The Morgan fingerprint density at radius 3 is 2.35 bits per heavy atom. The lowest BCUT2D eigenvalue weighted by molar-refractivity contribution is 0.112. The number of carbonyl (C=O) groups is 1. The van der Waals surface area contributed by atoms with Gasteiger partial charge in [-0.15, -0.1) is 0 Å². The summed E-state index contributed by atoms with van der Waals surface area (Å²) in [7, 11) is 1.59. The van der Waals surface area contributed by atoms with E-state index >= 15 is 0 Å². The molecule has 1 aromatic heterocycles. The second-order valence-corrected chi connectivity index (χ2v) is 5.42. The van der Waals surface area contributed by atoms with Gasteiger partial charge < -0.3 is 9.30 Å². The lowest BCUT2D eigenvalue weighted by Crippen LogP contribution is -1.95. The number of nitrogens with zero attached hydrogens (tertiary/aromatic N) is 1. The number of methoxy groups -OCH3 is 1. The van der Waals surface area contributed by atoms with Crippen molar-refractivity contribution >= 4 is 28.1 Å².